The first-order valence-electron chi connectivity index (χ1n) is 10.3. The number of benzene rings is 2. The molecule has 1 amide bonds. The van der Waals surface area contributed by atoms with E-state index < -0.39 is 27.4 Å². The van der Waals surface area contributed by atoms with Crippen LogP contribution in [0.1, 0.15) is 25.0 Å². The van der Waals surface area contributed by atoms with E-state index in [1.807, 2.05) is 13.8 Å². The van der Waals surface area contributed by atoms with Crippen molar-refractivity contribution >= 4 is 27.5 Å². The van der Waals surface area contributed by atoms with Crippen molar-refractivity contribution in [3.05, 3.63) is 64.2 Å². The summed E-state index contributed by atoms with van der Waals surface area (Å²) in [6.45, 7) is 4.98. The molecule has 180 valence electrons. The Hall–Kier alpha value is -2.27. The molecule has 0 saturated carbocycles. The fourth-order valence-corrected chi connectivity index (χ4v) is 4.73. The molecule has 1 aliphatic heterocycles. The molecule has 2 N–H and O–H groups in total. The Morgan fingerprint density at radius 1 is 1.12 bits per heavy atom. The smallest absolute Gasteiger partial charge is 0.260 e. The van der Waals surface area contributed by atoms with E-state index in [2.05, 4.69) is 4.90 Å². The molecule has 2 aromatic rings. The number of rotatable bonds is 7. The minimum Gasteiger partial charge on any atom is -0.483 e. The molecule has 0 radical (unpaired) electrons. The highest BCUT2D eigenvalue weighted by molar-refractivity contribution is 7.88. The first-order chi connectivity index (χ1) is 15.4. The molecule has 11 heteroatoms. The number of amides is 1. The van der Waals surface area contributed by atoms with Crippen LogP contribution in [0.15, 0.2) is 36.4 Å². The molecule has 0 aliphatic carbocycles. The Labute approximate surface area is 197 Å². The van der Waals surface area contributed by atoms with E-state index in [0.717, 1.165) is 6.07 Å². The van der Waals surface area contributed by atoms with Gasteiger partial charge >= 0.3 is 0 Å². The van der Waals surface area contributed by atoms with Crippen molar-refractivity contribution in [3.63, 3.8) is 0 Å². The van der Waals surface area contributed by atoms with Gasteiger partial charge in [-0.15, -0.1) is 0 Å². The maximum Gasteiger partial charge on any atom is 0.260 e. The Balaban J connectivity index is 1.62. The number of primary sulfonamides is 1. The number of hydrogen-bond donors (Lipinski definition) is 1. The molecule has 1 fully saturated rings. The highest BCUT2D eigenvalue weighted by Crippen LogP contribution is 2.25. The van der Waals surface area contributed by atoms with Crippen LogP contribution in [0.5, 0.6) is 5.75 Å². The average Bonchev–Trinajstić information content (AvgIpc) is 2.71. The lowest BCUT2D eigenvalue weighted by atomic mass is 10.1. The number of piperazine rings is 1. The third-order valence-corrected chi connectivity index (χ3v) is 6.48. The number of hydrogen-bond acceptors (Lipinski definition) is 5. The van der Waals surface area contributed by atoms with Gasteiger partial charge in [-0.3, -0.25) is 9.69 Å². The summed E-state index contributed by atoms with van der Waals surface area (Å²) in [5, 5.41) is 5.46. The zero-order chi connectivity index (χ0) is 24.3. The van der Waals surface area contributed by atoms with Gasteiger partial charge in [0.2, 0.25) is 10.0 Å². The molecule has 0 unspecified atom stereocenters. The van der Waals surface area contributed by atoms with Crippen LogP contribution in [0, 0.1) is 11.6 Å². The maximum absolute atomic E-state index is 13.5. The van der Waals surface area contributed by atoms with Crippen LogP contribution < -0.4 is 9.88 Å². The Morgan fingerprint density at radius 3 is 2.52 bits per heavy atom. The number of sulfonamides is 1. The molecule has 1 heterocycles. The summed E-state index contributed by atoms with van der Waals surface area (Å²) >= 11 is 5.94. The number of nitrogens with zero attached hydrogens (tertiary/aromatic N) is 2. The van der Waals surface area contributed by atoms with E-state index in [4.69, 9.17) is 21.5 Å². The monoisotopic (exact) mass is 501 g/mol. The second-order valence-corrected chi connectivity index (χ2v) is 10.3. The van der Waals surface area contributed by atoms with E-state index in [-0.39, 0.29) is 35.9 Å². The topological polar surface area (TPSA) is 92.9 Å². The summed E-state index contributed by atoms with van der Waals surface area (Å²) in [5.41, 5.74) is 0.928. The molecule has 33 heavy (non-hydrogen) atoms. The van der Waals surface area contributed by atoms with Gasteiger partial charge in [-0.1, -0.05) is 17.7 Å². The van der Waals surface area contributed by atoms with Crippen molar-refractivity contribution in [2.75, 3.05) is 19.7 Å². The van der Waals surface area contributed by atoms with Gasteiger partial charge in [0.15, 0.2) is 18.2 Å². The molecule has 0 bridgehead atoms. The standard InChI is InChI=1S/C22H26ClF2N3O4S/c1-14-10-28(15(2)9-27(14)11-16-3-5-19(24)20(25)7-16)22(29)12-32-21-6-4-18(23)8-17(21)13-33(26,30)31/h3-8,14-15H,9-13H2,1-2H3,(H2,26,30,31)/t14-,15+/m0/s1. The number of carbonyl (C=O) groups is 1. The molecule has 1 aliphatic rings. The Bertz CT molecular complexity index is 1130. The van der Waals surface area contributed by atoms with Crippen molar-refractivity contribution in [2.24, 2.45) is 5.14 Å². The fraction of sp³-hybridized carbons (Fsp3) is 0.409. The van der Waals surface area contributed by atoms with Crippen molar-refractivity contribution in [1.29, 1.82) is 0 Å². The number of nitrogens with two attached hydrogens (primary N) is 1. The second kappa shape index (κ2) is 10.3. The number of carbonyl (C=O) groups excluding carboxylic acids is 1. The Kier molecular flexibility index (Phi) is 7.94. The van der Waals surface area contributed by atoms with Gasteiger partial charge in [-0.05, 0) is 49.7 Å². The predicted molar refractivity (Wildman–Crippen MR) is 121 cm³/mol. The van der Waals surface area contributed by atoms with E-state index in [1.165, 1.54) is 24.3 Å². The average molecular weight is 502 g/mol. The van der Waals surface area contributed by atoms with Gasteiger partial charge in [0, 0.05) is 42.3 Å². The number of halogens is 3. The van der Waals surface area contributed by atoms with Crippen LogP contribution in [0.3, 0.4) is 0 Å². The molecular formula is C22H26ClF2N3O4S. The first-order valence-corrected chi connectivity index (χ1v) is 12.4. The van der Waals surface area contributed by atoms with Crippen LogP contribution >= 0.6 is 11.6 Å². The highest BCUT2D eigenvalue weighted by atomic mass is 35.5. The Morgan fingerprint density at radius 2 is 1.85 bits per heavy atom. The molecule has 3 rings (SSSR count). The third kappa shape index (κ3) is 6.86. The van der Waals surface area contributed by atoms with E-state index >= 15 is 0 Å². The quantitative estimate of drug-likeness (QED) is 0.629. The molecule has 7 nitrogen and oxygen atoms in total. The third-order valence-electron chi connectivity index (χ3n) is 5.54. The zero-order valence-corrected chi connectivity index (χ0v) is 19.9. The molecule has 2 aromatic carbocycles. The fourth-order valence-electron chi connectivity index (χ4n) is 3.88. The summed E-state index contributed by atoms with van der Waals surface area (Å²) in [6, 6.07) is 8.15. The molecule has 0 spiro atoms. The van der Waals surface area contributed by atoms with Crippen LogP contribution in [-0.4, -0.2) is 55.9 Å². The summed E-state index contributed by atoms with van der Waals surface area (Å²) in [6.07, 6.45) is 0. The summed E-state index contributed by atoms with van der Waals surface area (Å²) in [4.78, 5) is 16.7. The first kappa shape index (κ1) is 25.4. The van der Waals surface area contributed by atoms with Crippen LogP contribution in [-0.2, 0) is 27.1 Å². The molecule has 1 saturated heterocycles. The molecule has 2 atom stereocenters. The van der Waals surface area contributed by atoms with Crippen molar-refractivity contribution < 1.29 is 26.7 Å². The normalized spacial score (nSPS) is 19.5. The van der Waals surface area contributed by atoms with Gasteiger partial charge in [0.05, 0.1) is 5.75 Å². The van der Waals surface area contributed by atoms with Gasteiger partial charge in [-0.2, -0.15) is 0 Å². The lowest BCUT2D eigenvalue weighted by Gasteiger charge is -2.44. The van der Waals surface area contributed by atoms with Gasteiger partial charge < -0.3 is 9.64 Å². The van der Waals surface area contributed by atoms with E-state index in [0.29, 0.717) is 30.2 Å². The van der Waals surface area contributed by atoms with Crippen molar-refractivity contribution in [1.82, 2.24) is 9.80 Å². The highest BCUT2D eigenvalue weighted by Gasteiger charge is 2.32. The van der Waals surface area contributed by atoms with Crippen molar-refractivity contribution in [3.8, 4) is 5.75 Å². The summed E-state index contributed by atoms with van der Waals surface area (Å²) in [5.74, 6) is -2.27. The minimum atomic E-state index is -3.81. The SMILES string of the molecule is C[C@@H]1CN(Cc2ccc(F)c(F)c2)[C@@H](C)CN1C(=O)COc1ccc(Cl)cc1CS(N)(=O)=O. The van der Waals surface area contributed by atoms with E-state index in [9.17, 15) is 22.0 Å². The molecular weight excluding hydrogens is 476 g/mol. The lowest BCUT2D eigenvalue weighted by Crippen LogP contribution is -2.58. The second-order valence-electron chi connectivity index (χ2n) is 8.27. The predicted octanol–water partition coefficient (Wildman–Crippen LogP) is 2.91. The largest absolute Gasteiger partial charge is 0.483 e. The molecule has 0 aromatic heterocycles. The summed E-state index contributed by atoms with van der Waals surface area (Å²) < 4.78 is 55.3. The lowest BCUT2D eigenvalue weighted by molar-refractivity contribution is -0.139. The van der Waals surface area contributed by atoms with Gasteiger partial charge in [-0.25, -0.2) is 22.3 Å². The maximum atomic E-state index is 13.5. The number of ether oxygens (including phenoxy) is 1. The zero-order valence-electron chi connectivity index (χ0n) is 18.3. The van der Waals surface area contributed by atoms with Gasteiger partial charge in [0.25, 0.3) is 5.91 Å². The van der Waals surface area contributed by atoms with Crippen molar-refractivity contribution in [2.45, 2.75) is 38.2 Å². The van der Waals surface area contributed by atoms with Gasteiger partial charge in [0.1, 0.15) is 5.75 Å². The minimum absolute atomic E-state index is 0.0215. The van der Waals surface area contributed by atoms with Crippen LogP contribution in [0.2, 0.25) is 5.02 Å². The van der Waals surface area contributed by atoms with Crippen LogP contribution in [0.25, 0.3) is 0 Å². The van der Waals surface area contributed by atoms with Crippen LogP contribution in [0.4, 0.5) is 8.78 Å². The summed E-state index contributed by atoms with van der Waals surface area (Å²) in [7, 11) is -3.81. The van der Waals surface area contributed by atoms with E-state index in [1.54, 1.807) is 11.0 Å².